The first-order chi connectivity index (χ1) is 9.17. The Balaban J connectivity index is 2.60. The maximum absolute atomic E-state index is 12.0. The summed E-state index contributed by atoms with van der Waals surface area (Å²) >= 11 is 1.47. The van der Waals surface area contributed by atoms with Crippen LogP contribution in [0.2, 0.25) is 0 Å². The highest BCUT2D eigenvalue weighted by atomic mass is 32.1. The molecule has 110 valence electrons. The first-order valence-corrected chi connectivity index (χ1v) is 7.28. The van der Waals surface area contributed by atoms with Gasteiger partial charge in [-0.3, -0.25) is 4.79 Å². The predicted octanol–water partition coefficient (Wildman–Crippen LogP) is 3.24. The predicted molar refractivity (Wildman–Crippen MR) is 81.5 cm³/mol. The lowest BCUT2D eigenvalue weighted by Crippen LogP contribution is -2.29. The molecular formula is C15H21NO3S. The van der Waals surface area contributed by atoms with Crippen LogP contribution in [0, 0.1) is 5.41 Å². The minimum Gasteiger partial charge on any atom is -0.478 e. The fourth-order valence-electron chi connectivity index (χ4n) is 1.67. The van der Waals surface area contributed by atoms with Crippen LogP contribution in [0.3, 0.4) is 0 Å². The summed E-state index contributed by atoms with van der Waals surface area (Å²) in [6, 6.07) is 1.91. The van der Waals surface area contributed by atoms with Gasteiger partial charge in [-0.15, -0.1) is 11.3 Å². The van der Waals surface area contributed by atoms with Gasteiger partial charge in [0.1, 0.15) is 0 Å². The summed E-state index contributed by atoms with van der Waals surface area (Å²) < 4.78 is 0. The zero-order valence-corrected chi connectivity index (χ0v) is 13.2. The standard InChI is InChI=1S/C15H21NO3S/c1-15(2,3)8-13(17)16(4)9-11-7-12(20-10-11)5-6-14(18)19/h5-7,10H,8-9H2,1-4H3,(H,18,19). The van der Waals surface area contributed by atoms with Crippen LogP contribution in [0.5, 0.6) is 0 Å². The van der Waals surface area contributed by atoms with Gasteiger partial charge in [0.15, 0.2) is 0 Å². The van der Waals surface area contributed by atoms with E-state index in [2.05, 4.69) is 0 Å². The topological polar surface area (TPSA) is 57.6 Å². The average Bonchev–Trinajstić information content (AvgIpc) is 2.71. The van der Waals surface area contributed by atoms with Crippen LogP contribution in [0.15, 0.2) is 17.5 Å². The second-order valence-electron chi connectivity index (χ2n) is 6.02. The van der Waals surface area contributed by atoms with Crippen molar-refractivity contribution in [3.05, 3.63) is 28.0 Å². The van der Waals surface area contributed by atoms with E-state index >= 15 is 0 Å². The van der Waals surface area contributed by atoms with Gasteiger partial charge in [0.2, 0.25) is 5.91 Å². The molecule has 1 amide bonds. The summed E-state index contributed by atoms with van der Waals surface area (Å²) in [6.45, 7) is 6.67. The molecule has 0 radical (unpaired) electrons. The average molecular weight is 295 g/mol. The molecule has 0 spiro atoms. The van der Waals surface area contributed by atoms with Crippen LogP contribution >= 0.6 is 11.3 Å². The molecule has 5 heteroatoms. The molecule has 1 aromatic rings. The van der Waals surface area contributed by atoms with E-state index in [1.807, 2.05) is 32.2 Å². The third kappa shape index (κ3) is 6.02. The van der Waals surface area contributed by atoms with Gasteiger partial charge in [-0.1, -0.05) is 20.8 Å². The normalized spacial score (nSPS) is 11.8. The monoisotopic (exact) mass is 295 g/mol. The van der Waals surface area contributed by atoms with Crippen molar-refractivity contribution in [3.8, 4) is 0 Å². The molecule has 1 heterocycles. The van der Waals surface area contributed by atoms with Crippen LogP contribution in [0.25, 0.3) is 6.08 Å². The Bertz CT molecular complexity index is 511. The second kappa shape index (κ2) is 6.70. The van der Waals surface area contributed by atoms with Crippen LogP contribution in [-0.2, 0) is 16.1 Å². The number of hydrogen-bond acceptors (Lipinski definition) is 3. The highest BCUT2D eigenvalue weighted by Gasteiger charge is 2.19. The Labute approximate surface area is 123 Å². The van der Waals surface area contributed by atoms with Crippen molar-refractivity contribution in [2.45, 2.75) is 33.7 Å². The Morgan fingerprint density at radius 1 is 1.40 bits per heavy atom. The van der Waals surface area contributed by atoms with Gasteiger partial charge in [-0.25, -0.2) is 4.79 Å². The van der Waals surface area contributed by atoms with Gasteiger partial charge in [0.05, 0.1) is 0 Å². The molecule has 0 atom stereocenters. The molecule has 0 aliphatic rings. The number of thiophene rings is 1. The second-order valence-corrected chi connectivity index (χ2v) is 6.96. The van der Waals surface area contributed by atoms with Gasteiger partial charge in [0, 0.05) is 31.0 Å². The van der Waals surface area contributed by atoms with Gasteiger partial charge in [-0.2, -0.15) is 0 Å². The van der Waals surface area contributed by atoms with Crippen molar-refractivity contribution >= 4 is 29.3 Å². The summed E-state index contributed by atoms with van der Waals surface area (Å²) in [5.74, 6) is -0.844. The molecule has 0 saturated heterocycles. The number of carboxylic acids is 1. The number of hydrogen-bond donors (Lipinski definition) is 1. The minimum absolute atomic E-state index is 0.0185. The fourth-order valence-corrected chi connectivity index (χ4v) is 2.46. The highest BCUT2D eigenvalue weighted by Crippen LogP contribution is 2.21. The number of amides is 1. The third-order valence-corrected chi connectivity index (χ3v) is 3.54. The molecule has 0 aliphatic heterocycles. The molecular weight excluding hydrogens is 274 g/mol. The summed E-state index contributed by atoms with van der Waals surface area (Å²) in [6.07, 6.45) is 3.19. The molecule has 1 aromatic heterocycles. The van der Waals surface area contributed by atoms with Crippen molar-refractivity contribution in [1.82, 2.24) is 4.90 Å². The number of carboxylic acid groups (broad SMARTS) is 1. The Hall–Kier alpha value is -1.62. The first kappa shape index (κ1) is 16.4. The number of rotatable bonds is 5. The first-order valence-electron chi connectivity index (χ1n) is 6.40. The lowest BCUT2D eigenvalue weighted by Gasteiger charge is -2.23. The maximum atomic E-state index is 12.0. The van der Waals surface area contributed by atoms with E-state index in [0.717, 1.165) is 16.5 Å². The Morgan fingerprint density at radius 2 is 2.05 bits per heavy atom. The van der Waals surface area contributed by atoms with E-state index in [0.29, 0.717) is 13.0 Å². The van der Waals surface area contributed by atoms with E-state index in [1.54, 1.807) is 18.0 Å². The van der Waals surface area contributed by atoms with Crippen molar-refractivity contribution < 1.29 is 14.7 Å². The van der Waals surface area contributed by atoms with E-state index < -0.39 is 5.97 Å². The molecule has 0 aliphatic carbocycles. The molecule has 1 rings (SSSR count). The Morgan fingerprint density at radius 3 is 2.60 bits per heavy atom. The molecule has 0 bridgehead atoms. The molecule has 0 fully saturated rings. The lowest BCUT2D eigenvalue weighted by atomic mass is 9.91. The quantitative estimate of drug-likeness (QED) is 0.848. The molecule has 4 nitrogen and oxygen atoms in total. The molecule has 0 aromatic carbocycles. The summed E-state index contributed by atoms with van der Waals surface area (Å²) in [7, 11) is 1.79. The van der Waals surface area contributed by atoms with Gasteiger partial charge >= 0.3 is 5.97 Å². The fraction of sp³-hybridized carbons (Fsp3) is 0.467. The molecule has 20 heavy (non-hydrogen) atoms. The number of carbonyl (C=O) groups is 2. The third-order valence-electron chi connectivity index (χ3n) is 2.59. The van der Waals surface area contributed by atoms with E-state index in [9.17, 15) is 9.59 Å². The van der Waals surface area contributed by atoms with Crippen molar-refractivity contribution in [3.63, 3.8) is 0 Å². The SMILES string of the molecule is CN(Cc1csc(C=CC(=O)O)c1)C(=O)CC(C)(C)C. The summed E-state index contributed by atoms with van der Waals surface area (Å²) in [5.41, 5.74) is 1.000. The van der Waals surface area contributed by atoms with Crippen LogP contribution in [0.4, 0.5) is 0 Å². The van der Waals surface area contributed by atoms with E-state index in [-0.39, 0.29) is 11.3 Å². The zero-order valence-electron chi connectivity index (χ0n) is 12.3. The van der Waals surface area contributed by atoms with E-state index in [1.165, 1.54) is 11.3 Å². The van der Waals surface area contributed by atoms with Crippen LogP contribution in [0.1, 0.15) is 37.6 Å². The maximum Gasteiger partial charge on any atom is 0.328 e. The van der Waals surface area contributed by atoms with Gasteiger partial charge < -0.3 is 10.0 Å². The van der Waals surface area contributed by atoms with Gasteiger partial charge in [0.25, 0.3) is 0 Å². The smallest absolute Gasteiger partial charge is 0.328 e. The highest BCUT2D eigenvalue weighted by molar-refractivity contribution is 7.11. The summed E-state index contributed by atoms with van der Waals surface area (Å²) in [5, 5.41) is 10.5. The zero-order chi connectivity index (χ0) is 15.3. The van der Waals surface area contributed by atoms with Crippen molar-refractivity contribution in [2.24, 2.45) is 5.41 Å². The van der Waals surface area contributed by atoms with E-state index in [4.69, 9.17) is 5.11 Å². The number of aliphatic carboxylic acids is 1. The summed E-state index contributed by atoms with van der Waals surface area (Å²) in [4.78, 5) is 25.0. The lowest BCUT2D eigenvalue weighted by molar-refractivity contribution is -0.132. The van der Waals surface area contributed by atoms with Crippen LogP contribution in [-0.4, -0.2) is 28.9 Å². The Kier molecular flexibility index (Phi) is 5.51. The van der Waals surface area contributed by atoms with Crippen molar-refractivity contribution in [2.75, 3.05) is 7.05 Å². The largest absolute Gasteiger partial charge is 0.478 e. The molecule has 0 saturated carbocycles. The number of carbonyl (C=O) groups excluding carboxylic acids is 1. The molecule has 1 N–H and O–H groups in total. The number of nitrogens with zero attached hydrogens (tertiary/aromatic N) is 1. The van der Waals surface area contributed by atoms with Crippen molar-refractivity contribution in [1.29, 1.82) is 0 Å². The molecule has 0 unspecified atom stereocenters. The van der Waals surface area contributed by atoms with Gasteiger partial charge in [-0.05, 0) is 28.5 Å². The van der Waals surface area contributed by atoms with Crippen LogP contribution < -0.4 is 0 Å². The minimum atomic E-state index is -0.961.